The highest BCUT2D eigenvalue weighted by atomic mass is 19.4. The minimum absolute atomic E-state index is 0.00257. The largest absolute Gasteiger partial charge is 0.493 e. The number of aliphatic hydroxyl groups is 1. The summed E-state index contributed by atoms with van der Waals surface area (Å²) in [5.74, 6) is 1.30. The summed E-state index contributed by atoms with van der Waals surface area (Å²) in [5, 5.41) is 10.8. The molecule has 3 rings (SSSR count). The summed E-state index contributed by atoms with van der Waals surface area (Å²) in [6.07, 6.45) is -2.93. The second-order valence-electron chi connectivity index (χ2n) is 9.86. The van der Waals surface area contributed by atoms with Crippen molar-refractivity contribution in [2.24, 2.45) is 11.3 Å². The Morgan fingerprint density at radius 1 is 1.17 bits per heavy atom. The number of alkyl halides is 3. The fourth-order valence-electron chi connectivity index (χ4n) is 4.81. The molecule has 1 aromatic carbocycles. The minimum Gasteiger partial charge on any atom is -0.493 e. The molecule has 4 nitrogen and oxygen atoms in total. The van der Waals surface area contributed by atoms with Gasteiger partial charge in [0.05, 0.1) is 19.8 Å². The van der Waals surface area contributed by atoms with E-state index in [0.29, 0.717) is 17.9 Å². The van der Waals surface area contributed by atoms with Crippen molar-refractivity contribution in [3.8, 4) is 11.5 Å². The molecule has 2 aliphatic rings. The lowest BCUT2D eigenvalue weighted by atomic mass is 9.75. The van der Waals surface area contributed by atoms with Crippen molar-refractivity contribution in [1.82, 2.24) is 4.90 Å². The summed E-state index contributed by atoms with van der Waals surface area (Å²) in [6.45, 7) is 8.40. The van der Waals surface area contributed by atoms with E-state index in [-0.39, 0.29) is 36.5 Å². The van der Waals surface area contributed by atoms with E-state index >= 15 is 0 Å². The predicted molar refractivity (Wildman–Crippen MR) is 110 cm³/mol. The Kier molecular flexibility index (Phi) is 6.92. The fourth-order valence-corrected chi connectivity index (χ4v) is 4.81. The van der Waals surface area contributed by atoms with Gasteiger partial charge in [-0.3, -0.25) is 4.90 Å². The number of hydrogen-bond acceptors (Lipinski definition) is 4. The topological polar surface area (TPSA) is 41.9 Å². The molecule has 0 unspecified atom stereocenters. The molecule has 0 aliphatic carbocycles. The van der Waals surface area contributed by atoms with Gasteiger partial charge in [-0.15, -0.1) is 0 Å². The van der Waals surface area contributed by atoms with Crippen LogP contribution in [0.3, 0.4) is 0 Å². The van der Waals surface area contributed by atoms with E-state index in [4.69, 9.17) is 9.47 Å². The van der Waals surface area contributed by atoms with Crippen molar-refractivity contribution >= 4 is 0 Å². The summed E-state index contributed by atoms with van der Waals surface area (Å²) in [4.78, 5) is 2.45. The molecule has 0 aromatic heterocycles. The van der Waals surface area contributed by atoms with Gasteiger partial charge in [-0.05, 0) is 60.3 Å². The van der Waals surface area contributed by atoms with Crippen LogP contribution in [0.25, 0.3) is 0 Å². The van der Waals surface area contributed by atoms with Crippen molar-refractivity contribution in [3.05, 3.63) is 23.3 Å². The molecule has 1 N–H and O–H groups in total. The summed E-state index contributed by atoms with van der Waals surface area (Å²) in [5.41, 5.74) is 2.44. The first-order chi connectivity index (χ1) is 14.0. The molecule has 0 radical (unpaired) electrons. The first-order valence-electron chi connectivity index (χ1n) is 10.8. The number of piperidine rings is 1. The first kappa shape index (κ1) is 23.2. The summed E-state index contributed by atoms with van der Waals surface area (Å²) in [7, 11) is 1.54. The van der Waals surface area contributed by atoms with Crippen LogP contribution in [0.1, 0.15) is 63.6 Å². The second-order valence-corrected chi connectivity index (χ2v) is 9.86. The summed E-state index contributed by atoms with van der Waals surface area (Å²) < 4.78 is 48.2. The molecule has 7 heteroatoms. The van der Waals surface area contributed by atoms with Crippen molar-refractivity contribution in [2.75, 3.05) is 26.8 Å². The van der Waals surface area contributed by atoms with Crippen LogP contribution in [0, 0.1) is 11.3 Å². The van der Waals surface area contributed by atoms with Gasteiger partial charge in [-0.2, -0.15) is 13.2 Å². The lowest BCUT2D eigenvalue weighted by Crippen LogP contribution is -2.48. The Labute approximate surface area is 177 Å². The Hall–Kier alpha value is -1.47. The Bertz CT molecular complexity index is 730. The van der Waals surface area contributed by atoms with Crippen molar-refractivity contribution in [3.63, 3.8) is 0 Å². The minimum atomic E-state index is -4.17. The molecule has 2 heterocycles. The van der Waals surface area contributed by atoms with Crippen LogP contribution in [0.5, 0.6) is 11.5 Å². The molecule has 3 atom stereocenters. The van der Waals surface area contributed by atoms with E-state index in [0.717, 1.165) is 37.1 Å². The van der Waals surface area contributed by atoms with Crippen LogP contribution in [0.4, 0.5) is 13.2 Å². The van der Waals surface area contributed by atoms with Gasteiger partial charge < -0.3 is 14.6 Å². The summed E-state index contributed by atoms with van der Waals surface area (Å²) >= 11 is 0. The highest BCUT2D eigenvalue weighted by Crippen LogP contribution is 2.44. The molecular weight excluding hydrogens is 395 g/mol. The van der Waals surface area contributed by atoms with Crippen molar-refractivity contribution in [1.29, 1.82) is 0 Å². The highest BCUT2D eigenvalue weighted by Gasteiger charge is 2.39. The van der Waals surface area contributed by atoms with Gasteiger partial charge in [-0.1, -0.05) is 20.8 Å². The Morgan fingerprint density at radius 3 is 2.53 bits per heavy atom. The van der Waals surface area contributed by atoms with Crippen LogP contribution in [-0.4, -0.2) is 49.1 Å². The fraction of sp³-hybridized carbons (Fsp3) is 0.739. The number of methoxy groups -OCH3 is 1. The molecule has 1 fully saturated rings. The van der Waals surface area contributed by atoms with Crippen LogP contribution in [0.2, 0.25) is 0 Å². The number of halogens is 3. The molecule has 0 spiro atoms. The average Bonchev–Trinajstić information content (AvgIpc) is 2.63. The molecule has 0 amide bonds. The Morgan fingerprint density at radius 2 is 1.90 bits per heavy atom. The smallest absolute Gasteiger partial charge is 0.389 e. The van der Waals surface area contributed by atoms with Gasteiger partial charge in [-0.25, -0.2) is 0 Å². The van der Waals surface area contributed by atoms with Crippen molar-refractivity contribution < 1.29 is 27.8 Å². The lowest BCUT2D eigenvalue weighted by molar-refractivity contribution is -0.136. The number of fused-ring (bicyclic) bond motifs is 3. The monoisotopic (exact) mass is 429 g/mol. The predicted octanol–water partition coefficient (Wildman–Crippen LogP) is 5.13. The molecule has 1 aromatic rings. The zero-order chi connectivity index (χ0) is 22.1. The van der Waals surface area contributed by atoms with Gasteiger partial charge in [0.15, 0.2) is 11.5 Å². The maximum atomic E-state index is 12.4. The number of ether oxygens (including phenoxy) is 2. The molecular formula is C23H34F3NO3. The van der Waals surface area contributed by atoms with Crippen LogP contribution in [-0.2, 0) is 6.42 Å². The standard InChI is InChI=1S/C23H34F3NO3/c1-22(2,3)13-16-14-27-8-6-15-10-21(30-9-5-7-23(24,25)26)20(29-4)11-17(15)18(27)12-19(16)28/h10-11,16,18-19,28H,5-9,12-14H2,1-4H3/t16-,18-,19-/m1/s1. The zero-order valence-electron chi connectivity index (χ0n) is 18.4. The molecule has 2 aliphatic heterocycles. The summed E-state index contributed by atoms with van der Waals surface area (Å²) in [6, 6.07) is 3.99. The zero-order valence-corrected chi connectivity index (χ0v) is 18.4. The van der Waals surface area contributed by atoms with Crippen molar-refractivity contribution in [2.45, 2.75) is 71.2 Å². The van der Waals surface area contributed by atoms with Gasteiger partial charge in [0.25, 0.3) is 0 Å². The molecule has 30 heavy (non-hydrogen) atoms. The number of aliphatic hydroxyl groups excluding tert-OH is 1. The third-order valence-electron chi connectivity index (χ3n) is 6.11. The third-order valence-corrected chi connectivity index (χ3v) is 6.11. The van der Waals surface area contributed by atoms with E-state index in [2.05, 4.69) is 25.7 Å². The lowest BCUT2D eigenvalue weighted by Gasteiger charge is -2.47. The molecule has 1 saturated heterocycles. The molecule has 0 bridgehead atoms. The molecule has 170 valence electrons. The van der Waals surface area contributed by atoms with Gasteiger partial charge >= 0.3 is 6.18 Å². The van der Waals surface area contributed by atoms with E-state index in [1.807, 2.05) is 12.1 Å². The average molecular weight is 430 g/mol. The van der Waals surface area contributed by atoms with Crippen LogP contribution >= 0.6 is 0 Å². The van der Waals surface area contributed by atoms with Gasteiger partial charge in [0.2, 0.25) is 0 Å². The van der Waals surface area contributed by atoms with Crippen LogP contribution < -0.4 is 9.47 Å². The highest BCUT2D eigenvalue weighted by molar-refractivity contribution is 5.49. The number of benzene rings is 1. The molecule has 0 saturated carbocycles. The maximum Gasteiger partial charge on any atom is 0.389 e. The van der Waals surface area contributed by atoms with Gasteiger partial charge in [0.1, 0.15) is 0 Å². The van der Waals surface area contributed by atoms with E-state index in [1.165, 1.54) is 0 Å². The van der Waals surface area contributed by atoms with E-state index in [1.54, 1.807) is 7.11 Å². The number of rotatable bonds is 6. The Balaban J connectivity index is 1.72. The van der Waals surface area contributed by atoms with E-state index < -0.39 is 12.6 Å². The van der Waals surface area contributed by atoms with E-state index in [9.17, 15) is 18.3 Å². The number of nitrogens with zero attached hydrogens (tertiary/aromatic N) is 1. The van der Waals surface area contributed by atoms with Gasteiger partial charge in [0, 0.05) is 25.6 Å². The normalized spacial score (nSPS) is 24.9. The third kappa shape index (κ3) is 5.82. The quantitative estimate of drug-likeness (QED) is 0.637. The van der Waals surface area contributed by atoms with Crippen LogP contribution in [0.15, 0.2) is 12.1 Å². The first-order valence-corrected chi connectivity index (χ1v) is 10.8. The SMILES string of the molecule is COc1cc2c(cc1OCCCC(F)(F)F)CCN1C[C@@H](CC(C)(C)C)[C@H](O)C[C@H]21. The number of hydrogen-bond donors (Lipinski definition) is 1. The maximum absolute atomic E-state index is 12.4. The second kappa shape index (κ2) is 8.95.